The molecule has 0 aliphatic heterocycles. The number of carbonyl (C=O) groups is 1. The van der Waals surface area contributed by atoms with Gasteiger partial charge in [-0.25, -0.2) is 14.6 Å². The normalized spacial score (nSPS) is 10.9. The van der Waals surface area contributed by atoms with Gasteiger partial charge in [0.25, 0.3) is 11.6 Å². The van der Waals surface area contributed by atoms with E-state index in [1.54, 1.807) is 10.9 Å². The van der Waals surface area contributed by atoms with Crippen LogP contribution in [-0.4, -0.2) is 49.4 Å². The largest absolute Gasteiger partial charge is 0.369 e. The van der Waals surface area contributed by atoms with Crippen molar-refractivity contribution in [1.82, 2.24) is 25.1 Å². The maximum atomic E-state index is 12.5. The van der Waals surface area contributed by atoms with E-state index in [1.165, 1.54) is 30.0 Å². The first-order chi connectivity index (χ1) is 14.9. The first kappa shape index (κ1) is 22.8. The van der Waals surface area contributed by atoms with Crippen molar-refractivity contribution in [2.75, 3.05) is 24.2 Å². The molecule has 31 heavy (non-hydrogen) atoms. The summed E-state index contributed by atoms with van der Waals surface area (Å²) < 4.78 is 1.68. The van der Waals surface area contributed by atoms with E-state index in [2.05, 4.69) is 32.6 Å². The van der Waals surface area contributed by atoms with Crippen LogP contribution in [-0.2, 0) is 6.54 Å². The van der Waals surface area contributed by atoms with Gasteiger partial charge >= 0.3 is 0 Å². The molecular formula is C19H22ClN7O3S. The third kappa shape index (κ3) is 5.42. The van der Waals surface area contributed by atoms with Crippen LogP contribution < -0.4 is 10.6 Å². The van der Waals surface area contributed by atoms with Crippen LogP contribution in [0.5, 0.6) is 0 Å². The van der Waals surface area contributed by atoms with Gasteiger partial charge in [-0.3, -0.25) is 14.9 Å². The lowest BCUT2D eigenvalue weighted by Crippen LogP contribution is -2.28. The van der Waals surface area contributed by atoms with E-state index in [1.807, 2.05) is 6.92 Å². The fraction of sp³-hybridized carbons (Fsp3) is 0.368. The highest BCUT2D eigenvalue weighted by molar-refractivity contribution is 7.99. The van der Waals surface area contributed by atoms with E-state index >= 15 is 0 Å². The number of halogens is 1. The molecule has 0 unspecified atom stereocenters. The lowest BCUT2D eigenvalue weighted by atomic mass is 10.1. The van der Waals surface area contributed by atoms with Crippen molar-refractivity contribution in [3.63, 3.8) is 0 Å². The minimum Gasteiger partial charge on any atom is -0.369 e. The molecule has 2 N–H and O–H groups in total. The summed E-state index contributed by atoms with van der Waals surface area (Å²) in [6, 6.07) is 3.88. The lowest BCUT2D eigenvalue weighted by molar-refractivity contribution is -0.385. The van der Waals surface area contributed by atoms with E-state index < -0.39 is 10.8 Å². The molecule has 0 spiro atoms. The molecule has 12 heteroatoms. The van der Waals surface area contributed by atoms with Gasteiger partial charge in [0, 0.05) is 24.2 Å². The van der Waals surface area contributed by atoms with E-state index in [0.717, 1.165) is 29.9 Å². The SMILES string of the molecule is CCCNc1nc(SCC)nc2c1cnn2CCNC(=O)c1cc(Cl)ccc1[N+](=O)[O-]. The number of aromatic nitrogens is 4. The minimum absolute atomic E-state index is 0.0853. The Labute approximate surface area is 187 Å². The predicted molar refractivity (Wildman–Crippen MR) is 121 cm³/mol. The highest BCUT2D eigenvalue weighted by Gasteiger charge is 2.20. The Morgan fingerprint density at radius 3 is 2.81 bits per heavy atom. The molecule has 0 saturated carbocycles. The van der Waals surface area contributed by atoms with Crippen LogP contribution >= 0.6 is 23.4 Å². The van der Waals surface area contributed by atoms with Crippen LogP contribution in [0.4, 0.5) is 11.5 Å². The number of benzene rings is 1. The monoisotopic (exact) mass is 463 g/mol. The van der Waals surface area contributed by atoms with Crippen LogP contribution in [0.15, 0.2) is 29.6 Å². The maximum absolute atomic E-state index is 12.5. The van der Waals surface area contributed by atoms with E-state index in [4.69, 9.17) is 11.6 Å². The number of nitrogens with zero attached hydrogens (tertiary/aromatic N) is 5. The molecule has 164 valence electrons. The van der Waals surface area contributed by atoms with Gasteiger partial charge in [0.15, 0.2) is 10.8 Å². The lowest BCUT2D eigenvalue weighted by Gasteiger charge is -2.09. The quantitative estimate of drug-likeness (QED) is 0.201. The van der Waals surface area contributed by atoms with Crippen molar-refractivity contribution in [1.29, 1.82) is 0 Å². The van der Waals surface area contributed by atoms with Gasteiger partial charge in [0.2, 0.25) is 0 Å². The standard InChI is InChI=1S/C19H22ClN7O3S/c1-3-7-21-16-14-11-23-26(17(14)25-19(24-16)31-4-2)9-8-22-18(28)13-10-12(20)5-6-15(13)27(29)30/h5-6,10-11H,3-4,7-9H2,1-2H3,(H,22,28)(H,21,24,25). The van der Waals surface area contributed by atoms with Crippen molar-refractivity contribution < 1.29 is 9.72 Å². The Hall–Kier alpha value is -2.92. The summed E-state index contributed by atoms with van der Waals surface area (Å²) in [5, 5.41) is 23.2. The molecular weight excluding hydrogens is 442 g/mol. The first-order valence-electron chi connectivity index (χ1n) is 9.77. The highest BCUT2D eigenvalue weighted by Crippen LogP contribution is 2.25. The second-order valence-corrected chi connectivity index (χ2v) is 8.16. The molecule has 0 fully saturated rings. The fourth-order valence-electron chi connectivity index (χ4n) is 2.89. The first-order valence-corrected chi connectivity index (χ1v) is 11.1. The summed E-state index contributed by atoms with van der Waals surface area (Å²) >= 11 is 7.43. The average molecular weight is 464 g/mol. The van der Waals surface area contributed by atoms with Crippen molar-refractivity contribution in [2.45, 2.75) is 32.0 Å². The van der Waals surface area contributed by atoms with Gasteiger partial charge in [0.1, 0.15) is 11.4 Å². The maximum Gasteiger partial charge on any atom is 0.282 e. The minimum atomic E-state index is -0.610. The zero-order valence-electron chi connectivity index (χ0n) is 17.1. The Morgan fingerprint density at radius 2 is 2.10 bits per heavy atom. The second-order valence-electron chi connectivity index (χ2n) is 6.49. The van der Waals surface area contributed by atoms with Crippen molar-refractivity contribution in [3.05, 3.63) is 45.1 Å². The molecule has 1 aromatic carbocycles. The number of nitro groups is 1. The molecule has 1 amide bonds. The number of rotatable bonds is 10. The summed E-state index contributed by atoms with van der Waals surface area (Å²) in [5.74, 6) is 0.988. The molecule has 2 aromatic heterocycles. The molecule has 0 aliphatic rings. The van der Waals surface area contributed by atoms with Gasteiger partial charge in [-0.15, -0.1) is 0 Å². The van der Waals surface area contributed by atoms with Gasteiger partial charge in [0.05, 0.1) is 23.1 Å². The van der Waals surface area contributed by atoms with Crippen LogP contribution in [0.25, 0.3) is 11.0 Å². The smallest absolute Gasteiger partial charge is 0.282 e. The number of nitrogens with one attached hydrogen (secondary N) is 2. The number of carbonyl (C=O) groups excluding carboxylic acids is 1. The van der Waals surface area contributed by atoms with Crippen molar-refractivity contribution in [3.8, 4) is 0 Å². The molecule has 2 heterocycles. The molecule has 0 atom stereocenters. The summed E-state index contributed by atoms with van der Waals surface area (Å²) in [7, 11) is 0. The van der Waals surface area contributed by atoms with Crippen LogP contribution in [0.2, 0.25) is 5.02 Å². The number of nitro benzene ring substituents is 1. The van der Waals surface area contributed by atoms with Crippen molar-refractivity contribution in [2.24, 2.45) is 0 Å². The van der Waals surface area contributed by atoms with E-state index in [0.29, 0.717) is 17.3 Å². The zero-order chi connectivity index (χ0) is 22.4. The Kier molecular flexibility index (Phi) is 7.64. The van der Waals surface area contributed by atoms with Gasteiger partial charge < -0.3 is 10.6 Å². The van der Waals surface area contributed by atoms with Crippen molar-refractivity contribution >= 4 is 51.8 Å². The number of hydrogen-bond donors (Lipinski definition) is 2. The summed E-state index contributed by atoms with van der Waals surface area (Å²) in [6.07, 6.45) is 2.65. The Bertz CT molecular complexity index is 1110. The third-order valence-corrected chi connectivity index (χ3v) is 5.27. The molecule has 3 rings (SSSR count). The highest BCUT2D eigenvalue weighted by atomic mass is 35.5. The summed E-state index contributed by atoms with van der Waals surface area (Å²) in [4.78, 5) is 32.2. The number of amides is 1. The zero-order valence-corrected chi connectivity index (χ0v) is 18.7. The van der Waals surface area contributed by atoms with Crippen LogP contribution in [0.3, 0.4) is 0 Å². The molecule has 10 nitrogen and oxygen atoms in total. The number of anilines is 1. The molecule has 0 radical (unpaired) electrons. The number of hydrogen-bond acceptors (Lipinski definition) is 8. The van der Waals surface area contributed by atoms with Gasteiger partial charge in [-0.1, -0.05) is 37.2 Å². The molecule has 0 bridgehead atoms. The fourth-order valence-corrected chi connectivity index (χ4v) is 3.63. The number of thioether (sulfide) groups is 1. The van der Waals surface area contributed by atoms with Crippen LogP contribution in [0.1, 0.15) is 30.6 Å². The topological polar surface area (TPSA) is 128 Å². The van der Waals surface area contributed by atoms with Gasteiger partial charge in [-0.2, -0.15) is 5.10 Å². The van der Waals surface area contributed by atoms with Crippen LogP contribution in [0, 0.1) is 10.1 Å². The third-order valence-electron chi connectivity index (χ3n) is 4.30. The summed E-state index contributed by atoms with van der Waals surface area (Å²) in [5.41, 5.74) is 0.275. The van der Waals surface area contributed by atoms with E-state index in [-0.39, 0.29) is 22.8 Å². The molecule has 0 aliphatic carbocycles. The van der Waals surface area contributed by atoms with Gasteiger partial charge in [-0.05, 0) is 24.3 Å². The average Bonchev–Trinajstić information content (AvgIpc) is 3.15. The second kappa shape index (κ2) is 10.4. The predicted octanol–water partition coefficient (Wildman–Crippen LogP) is 3.75. The molecule has 0 saturated heterocycles. The summed E-state index contributed by atoms with van der Waals surface area (Å²) in [6.45, 7) is 5.42. The molecule has 3 aromatic rings. The van der Waals surface area contributed by atoms with E-state index in [9.17, 15) is 14.9 Å². The Balaban J connectivity index is 1.77. The Morgan fingerprint density at radius 1 is 1.29 bits per heavy atom. The number of fused-ring (bicyclic) bond motifs is 1.